The molecule has 1 aromatic carbocycles. The summed E-state index contributed by atoms with van der Waals surface area (Å²) in [6.45, 7) is 0. The molecule has 7 heteroatoms. The summed E-state index contributed by atoms with van der Waals surface area (Å²) < 4.78 is 4.42. The fourth-order valence-electron chi connectivity index (χ4n) is 1.54. The first-order valence-corrected chi connectivity index (χ1v) is 5.90. The number of carbonyl (C=O) groups is 3. The summed E-state index contributed by atoms with van der Waals surface area (Å²) in [6.07, 6.45) is -0.138. The summed E-state index contributed by atoms with van der Waals surface area (Å²) in [5, 5.41) is 11.4. The number of methoxy groups -OCH3 is 1. The summed E-state index contributed by atoms with van der Waals surface area (Å²) in [5.74, 6) is -2.31. The van der Waals surface area contributed by atoms with Gasteiger partial charge in [0.1, 0.15) is 6.04 Å². The minimum atomic E-state index is -1.22. The molecule has 0 aliphatic rings. The first kappa shape index (κ1) is 15.5. The highest BCUT2D eigenvalue weighted by Crippen LogP contribution is 2.08. The first-order valence-electron chi connectivity index (χ1n) is 5.90. The minimum absolute atomic E-state index is 0.0456. The van der Waals surface area contributed by atoms with E-state index in [1.165, 1.54) is 19.2 Å². The van der Waals surface area contributed by atoms with Crippen molar-refractivity contribution < 1.29 is 24.2 Å². The van der Waals surface area contributed by atoms with E-state index in [9.17, 15) is 14.4 Å². The lowest BCUT2D eigenvalue weighted by molar-refractivity contribution is -0.142. The van der Waals surface area contributed by atoms with Gasteiger partial charge in [0.05, 0.1) is 7.11 Å². The van der Waals surface area contributed by atoms with E-state index < -0.39 is 23.9 Å². The third-order valence-electron chi connectivity index (χ3n) is 2.62. The topological polar surface area (TPSA) is 119 Å². The Morgan fingerprint density at radius 2 is 2.10 bits per heavy atom. The van der Waals surface area contributed by atoms with Gasteiger partial charge in [0.25, 0.3) is 5.91 Å². The molecular formula is C13H16N2O5. The molecule has 4 N–H and O–H groups in total. The Balaban J connectivity index is 2.68. The van der Waals surface area contributed by atoms with Gasteiger partial charge in [-0.1, -0.05) is 6.07 Å². The SMILES string of the molecule is COC(=O)CCC(NC(=O)c1cccc(N)c1)C(=O)O. The number of amides is 1. The summed E-state index contributed by atoms with van der Waals surface area (Å²) >= 11 is 0. The molecule has 0 aromatic heterocycles. The maximum atomic E-state index is 11.9. The number of anilines is 1. The molecule has 1 amide bonds. The molecule has 20 heavy (non-hydrogen) atoms. The third-order valence-corrected chi connectivity index (χ3v) is 2.62. The summed E-state index contributed by atoms with van der Waals surface area (Å²) in [6, 6.07) is 5.00. The van der Waals surface area contributed by atoms with Gasteiger partial charge in [-0.25, -0.2) is 4.79 Å². The molecule has 0 aliphatic heterocycles. The number of carbonyl (C=O) groups excluding carboxylic acids is 2. The fourth-order valence-corrected chi connectivity index (χ4v) is 1.54. The predicted octanol–water partition coefficient (Wildman–Crippen LogP) is 0.405. The van der Waals surface area contributed by atoms with Crippen molar-refractivity contribution in [1.82, 2.24) is 5.32 Å². The number of nitrogens with one attached hydrogen (secondary N) is 1. The number of nitrogens with two attached hydrogens (primary N) is 1. The second-order valence-corrected chi connectivity index (χ2v) is 4.10. The van der Waals surface area contributed by atoms with Gasteiger partial charge in [0.15, 0.2) is 0 Å². The Morgan fingerprint density at radius 3 is 2.65 bits per heavy atom. The van der Waals surface area contributed by atoms with Crippen molar-refractivity contribution in [2.24, 2.45) is 0 Å². The van der Waals surface area contributed by atoms with E-state index in [0.717, 1.165) is 0 Å². The molecule has 0 saturated heterocycles. The average molecular weight is 280 g/mol. The molecule has 7 nitrogen and oxygen atoms in total. The van der Waals surface area contributed by atoms with E-state index in [2.05, 4.69) is 10.1 Å². The summed E-state index contributed by atoms with van der Waals surface area (Å²) in [5.41, 5.74) is 6.21. The molecule has 0 radical (unpaired) electrons. The second-order valence-electron chi connectivity index (χ2n) is 4.10. The molecule has 1 atom stereocenters. The van der Waals surface area contributed by atoms with Gasteiger partial charge >= 0.3 is 11.9 Å². The number of aliphatic carboxylic acids is 1. The Morgan fingerprint density at radius 1 is 1.40 bits per heavy atom. The lowest BCUT2D eigenvalue weighted by Gasteiger charge is -2.14. The van der Waals surface area contributed by atoms with Crippen LogP contribution in [0.15, 0.2) is 24.3 Å². The molecule has 1 aromatic rings. The number of ether oxygens (including phenoxy) is 1. The van der Waals surface area contributed by atoms with E-state index in [0.29, 0.717) is 5.69 Å². The van der Waals surface area contributed by atoms with E-state index >= 15 is 0 Å². The molecule has 1 rings (SSSR count). The number of hydrogen-bond acceptors (Lipinski definition) is 5. The standard InChI is InChI=1S/C13H16N2O5/c1-20-11(16)6-5-10(13(18)19)15-12(17)8-3-2-4-9(14)7-8/h2-4,7,10H,5-6,14H2,1H3,(H,15,17)(H,18,19). The van der Waals surface area contributed by atoms with Crippen molar-refractivity contribution in [1.29, 1.82) is 0 Å². The van der Waals surface area contributed by atoms with Gasteiger partial charge in [-0.2, -0.15) is 0 Å². The van der Waals surface area contributed by atoms with Crippen molar-refractivity contribution in [2.45, 2.75) is 18.9 Å². The zero-order chi connectivity index (χ0) is 15.1. The lowest BCUT2D eigenvalue weighted by Crippen LogP contribution is -2.41. The molecule has 0 spiro atoms. The number of carboxylic acid groups (broad SMARTS) is 1. The van der Waals surface area contributed by atoms with Gasteiger partial charge in [-0.05, 0) is 24.6 Å². The van der Waals surface area contributed by atoms with Crippen LogP contribution in [0.25, 0.3) is 0 Å². The van der Waals surface area contributed by atoms with Crippen LogP contribution in [0.2, 0.25) is 0 Å². The Labute approximate surface area is 115 Å². The maximum absolute atomic E-state index is 11.9. The predicted molar refractivity (Wildman–Crippen MR) is 71.0 cm³/mol. The van der Waals surface area contributed by atoms with Crippen molar-refractivity contribution >= 4 is 23.5 Å². The van der Waals surface area contributed by atoms with Gasteiger partial charge in [-0.15, -0.1) is 0 Å². The maximum Gasteiger partial charge on any atom is 0.326 e. The van der Waals surface area contributed by atoms with Crippen molar-refractivity contribution in [3.8, 4) is 0 Å². The van der Waals surface area contributed by atoms with Crippen molar-refractivity contribution in [3.63, 3.8) is 0 Å². The molecule has 0 aliphatic carbocycles. The number of rotatable bonds is 6. The third kappa shape index (κ3) is 4.60. The van der Waals surface area contributed by atoms with Gasteiger partial charge in [0, 0.05) is 17.7 Å². The lowest BCUT2D eigenvalue weighted by atomic mass is 10.1. The van der Waals surface area contributed by atoms with E-state index in [4.69, 9.17) is 10.8 Å². The Bertz CT molecular complexity index is 515. The number of hydrogen-bond donors (Lipinski definition) is 3. The molecule has 0 fully saturated rings. The smallest absolute Gasteiger partial charge is 0.326 e. The Kier molecular flexibility index (Phi) is 5.52. The summed E-state index contributed by atoms with van der Waals surface area (Å²) in [4.78, 5) is 33.9. The van der Waals surface area contributed by atoms with Crippen LogP contribution in [0.5, 0.6) is 0 Å². The van der Waals surface area contributed by atoms with Crippen LogP contribution in [-0.4, -0.2) is 36.1 Å². The van der Waals surface area contributed by atoms with Crippen LogP contribution in [0, 0.1) is 0 Å². The normalized spacial score (nSPS) is 11.4. The summed E-state index contributed by atoms with van der Waals surface area (Å²) in [7, 11) is 1.21. The quantitative estimate of drug-likeness (QED) is 0.513. The number of nitrogen functional groups attached to an aromatic ring is 1. The molecule has 108 valence electrons. The zero-order valence-electron chi connectivity index (χ0n) is 11.0. The molecular weight excluding hydrogens is 264 g/mol. The van der Waals surface area contributed by atoms with E-state index in [-0.39, 0.29) is 18.4 Å². The average Bonchev–Trinajstić information content (AvgIpc) is 2.42. The molecule has 1 unspecified atom stereocenters. The largest absolute Gasteiger partial charge is 0.480 e. The van der Waals surface area contributed by atoms with Crippen LogP contribution in [0.4, 0.5) is 5.69 Å². The highest BCUT2D eigenvalue weighted by atomic mass is 16.5. The fraction of sp³-hybridized carbons (Fsp3) is 0.308. The number of carboxylic acids is 1. The van der Waals surface area contributed by atoms with E-state index in [1.54, 1.807) is 12.1 Å². The van der Waals surface area contributed by atoms with Crippen molar-refractivity contribution in [3.05, 3.63) is 29.8 Å². The molecule has 0 bridgehead atoms. The minimum Gasteiger partial charge on any atom is -0.480 e. The zero-order valence-corrected chi connectivity index (χ0v) is 11.0. The Hall–Kier alpha value is -2.57. The van der Waals surface area contributed by atoms with Crippen LogP contribution in [0.3, 0.4) is 0 Å². The van der Waals surface area contributed by atoms with Crippen molar-refractivity contribution in [2.75, 3.05) is 12.8 Å². The molecule has 0 heterocycles. The number of esters is 1. The monoisotopic (exact) mass is 280 g/mol. The second kappa shape index (κ2) is 7.13. The molecule has 0 saturated carbocycles. The highest BCUT2D eigenvalue weighted by Gasteiger charge is 2.21. The van der Waals surface area contributed by atoms with Crippen LogP contribution in [0.1, 0.15) is 23.2 Å². The van der Waals surface area contributed by atoms with Crippen LogP contribution >= 0.6 is 0 Å². The first-order chi connectivity index (χ1) is 9.43. The van der Waals surface area contributed by atoms with Gasteiger partial charge in [0.2, 0.25) is 0 Å². The van der Waals surface area contributed by atoms with Gasteiger partial charge in [-0.3, -0.25) is 9.59 Å². The highest BCUT2D eigenvalue weighted by molar-refractivity contribution is 5.97. The van der Waals surface area contributed by atoms with Gasteiger partial charge < -0.3 is 20.9 Å². The number of benzene rings is 1. The van der Waals surface area contributed by atoms with Crippen LogP contribution < -0.4 is 11.1 Å². The van der Waals surface area contributed by atoms with Crippen LogP contribution in [-0.2, 0) is 14.3 Å². The van der Waals surface area contributed by atoms with E-state index in [1.807, 2.05) is 0 Å².